The van der Waals surface area contributed by atoms with E-state index in [1.165, 1.54) is 7.11 Å². The Morgan fingerprint density at radius 1 is 1.08 bits per heavy atom. The number of nitrogens with one attached hydrogen (secondary N) is 2. The molecule has 126 valence electrons. The maximum absolute atomic E-state index is 12.0. The molecule has 2 aromatic rings. The number of esters is 1. The van der Waals surface area contributed by atoms with Crippen molar-refractivity contribution < 1.29 is 14.3 Å². The quantitative estimate of drug-likeness (QED) is 0.751. The summed E-state index contributed by atoms with van der Waals surface area (Å²) in [6, 6.07) is 11.9. The number of rotatable bonds is 6. The number of amides is 1. The van der Waals surface area contributed by atoms with Gasteiger partial charge in [0.25, 0.3) is 0 Å². The van der Waals surface area contributed by atoms with Crippen LogP contribution in [0, 0.1) is 0 Å². The van der Waals surface area contributed by atoms with E-state index >= 15 is 0 Å². The molecule has 0 saturated carbocycles. The SMILES string of the molecule is COC(=O)c1cccc(NCCC(=O)Nc2c(Cl)cccc2Cl)c1. The second kappa shape index (κ2) is 8.57. The third-order valence-electron chi connectivity index (χ3n) is 3.19. The molecule has 0 fully saturated rings. The first-order valence-corrected chi connectivity index (χ1v) is 7.93. The van der Waals surface area contributed by atoms with E-state index in [0.717, 1.165) is 5.69 Å². The van der Waals surface area contributed by atoms with Crippen LogP contribution in [-0.2, 0) is 9.53 Å². The van der Waals surface area contributed by atoms with Crippen LogP contribution in [0.2, 0.25) is 10.0 Å². The molecule has 0 bridgehead atoms. The largest absolute Gasteiger partial charge is 0.465 e. The van der Waals surface area contributed by atoms with Gasteiger partial charge in [0.1, 0.15) is 0 Å². The fourth-order valence-electron chi connectivity index (χ4n) is 2.01. The van der Waals surface area contributed by atoms with Gasteiger partial charge in [0.05, 0.1) is 28.4 Å². The van der Waals surface area contributed by atoms with Crippen LogP contribution >= 0.6 is 23.2 Å². The molecule has 2 rings (SSSR count). The van der Waals surface area contributed by atoms with E-state index in [4.69, 9.17) is 23.2 Å². The van der Waals surface area contributed by atoms with Gasteiger partial charge in [-0.15, -0.1) is 0 Å². The molecule has 0 radical (unpaired) electrons. The van der Waals surface area contributed by atoms with Gasteiger partial charge in [-0.3, -0.25) is 4.79 Å². The molecule has 0 saturated heterocycles. The highest BCUT2D eigenvalue weighted by Gasteiger charge is 2.10. The molecule has 1 amide bonds. The molecule has 0 unspecified atom stereocenters. The van der Waals surface area contributed by atoms with Crippen molar-refractivity contribution in [2.75, 3.05) is 24.3 Å². The Hall–Kier alpha value is -2.24. The van der Waals surface area contributed by atoms with Crippen LogP contribution in [-0.4, -0.2) is 25.5 Å². The second-order valence-corrected chi connectivity index (χ2v) is 5.71. The molecule has 0 spiro atoms. The van der Waals surface area contributed by atoms with Gasteiger partial charge >= 0.3 is 5.97 Å². The highest BCUT2D eigenvalue weighted by atomic mass is 35.5. The summed E-state index contributed by atoms with van der Waals surface area (Å²) in [7, 11) is 1.33. The number of methoxy groups -OCH3 is 1. The topological polar surface area (TPSA) is 67.4 Å². The molecule has 5 nitrogen and oxygen atoms in total. The summed E-state index contributed by atoms with van der Waals surface area (Å²) < 4.78 is 4.67. The van der Waals surface area contributed by atoms with Crippen molar-refractivity contribution in [3.05, 3.63) is 58.1 Å². The van der Waals surface area contributed by atoms with Gasteiger partial charge in [0.2, 0.25) is 5.91 Å². The molecule has 24 heavy (non-hydrogen) atoms. The highest BCUT2D eigenvalue weighted by Crippen LogP contribution is 2.29. The zero-order valence-corrected chi connectivity index (χ0v) is 14.4. The summed E-state index contributed by atoms with van der Waals surface area (Å²) in [6.45, 7) is 0.387. The Labute approximate surface area is 149 Å². The first kappa shape index (κ1) is 18.1. The Balaban J connectivity index is 1.88. The van der Waals surface area contributed by atoms with Crippen LogP contribution in [0.15, 0.2) is 42.5 Å². The van der Waals surface area contributed by atoms with E-state index < -0.39 is 5.97 Å². The number of hydrogen-bond donors (Lipinski definition) is 2. The fraction of sp³-hybridized carbons (Fsp3) is 0.176. The van der Waals surface area contributed by atoms with Crippen LogP contribution < -0.4 is 10.6 Å². The van der Waals surface area contributed by atoms with Gasteiger partial charge < -0.3 is 15.4 Å². The minimum Gasteiger partial charge on any atom is -0.465 e. The maximum Gasteiger partial charge on any atom is 0.337 e. The smallest absolute Gasteiger partial charge is 0.337 e. The third-order valence-corrected chi connectivity index (χ3v) is 3.82. The van der Waals surface area contributed by atoms with Crippen molar-refractivity contribution >= 4 is 46.5 Å². The number of carbonyl (C=O) groups excluding carboxylic acids is 2. The molecule has 0 aliphatic carbocycles. The van der Waals surface area contributed by atoms with E-state index in [9.17, 15) is 9.59 Å². The summed E-state index contributed by atoms with van der Waals surface area (Å²) in [6.07, 6.45) is 0.212. The van der Waals surface area contributed by atoms with Crippen LogP contribution in [0.25, 0.3) is 0 Å². The number of hydrogen-bond acceptors (Lipinski definition) is 4. The summed E-state index contributed by atoms with van der Waals surface area (Å²) in [5.41, 5.74) is 1.56. The summed E-state index contributed by atoms with van der Waals surface area (Å²) in [5.74, 6) is -0.633. The Bertz CT molecular complexity index is 730. The average molecular weight is 367 g/mol. The van der Waals surface area contributed by atoms with Crippen molar-refractivity contribution in [1.29, 1.82) is 0 Å². The lowest BCUT2D eigenvalue weighted by Crippen LogP contribution is -2.16. The molecule has 0 aromatic heterocycles. The Morgan fingerprint density at radius 2 is 1.75 bits per heavy atom. The minimum absolute atomic E-state index is 0.212. The standard InChI is InChI=1S/C17H16Cl2N2O3/c1-24-17(23)11-4-2-5-12(10-11)20-9-8-15(22)21-16-13(18)6-3-7-14(16)19/h2-7,10,20H,8-9H2,1H3,(H,21,22). The van der Waals surface area contributed by atoms with Crippen molar-refractivity contribution in [3.8, 4) is 0 Å². The molecule has 2 aromatic carbocycles. The van der Waals surface area contributed by atoms with Gasteiger partial charge in [-0.05, 0) is 30.3 Å². The van der Waals surface area contributed by atoms with Crippen molar-refractivity contribution in [3.63, 3.8) is 0 Å². The van der Waals surface area contributed by atoms with E-state index in [1.807, 2.05) is 0 Å². The predicted molar refractivity (Wildman–Crippen MR) is 96.0 cm³/mol. The Kier molecular flexibility index (Phi) is 6.46. The average Bonchev–Trinajstić information content (AvgIpc) is 2.58. The van der Waals surface area contributed by atoms with Gasteiger partial charge in [0.15, 0.2) is 0 Å². The lowest BCUT2D eigenvalue weighted by Gasteiger charge is -2.10. The first-order chi connectivity index (χ1) is 11.5. The van der Waals surface area contributed by atoms with Crippen molar-refractivity contribution in [2.45, 2.75) is 6.42 Å². The number of carbonyl (C=O) groups is 2. The van der Waals surface area contributed by atoms with E-state index in [0.29, 0.717) is 27.8 Å². The zero-order valence-electron chi connectivity index (χ0n) is 12.9. The molecule has 7 heteroatoms. The molecular weight excluding hydrogens is 351 g/mol. The van der Waals surface area contributed by atoms with Crippen molar-refractivity contribution in [2.24, 2.45) is 0 Å². The molecule has 0 aliphatic rings. The van der Waals surface area contributed by atoms with Gasteiger partial charge in [0, 0.05) is 18.7 Å². The van der Waals surface area contributed by atoms with E-state index in [1.54, 1.807) is 42.5 Å². The second-order valence-electron chi connectivity index (χ2n) is 4.89. The molecule has 0 atom stereocenters. The number of para-hydroxylation sites is 1. The van der Waals surface area contributed by atoms with Gasteiger partial charge in [-0.25, -0.2) is 4.79 Å². The zero-order chi connectivity index (χ0) is 17.5. The number of halogens is 2. The lowest BCUT2D eigenvalue weighted by atomic mass is 10.2. The van der Waals surface area contributed by atoms with Gasteiger partial charge in [-0.2, -0.15) is 0 Å². The predicted octanol–water partition coefficient (Wildman–Crippen LogP) is 4.22. The molecule has 2 N–H and O–H groups in total. The normalized spacial score (nSPS) is 10.1. The molecule has 0 heterocycles. The number of ether oxygens (including phenoxy) is 1. The number of anilines is 2. The monoisotopic (exact) mass is 366 g/mol. The first-order valence-electron chi connectivity index (χ1n) is 7.17. The highest BCUT2D eigenvalue weighted by molar-refractivity contribution is 6.39. The third kappa shape index (κ3) is 4.88. The van der Waals surface area contributed by atoms with E-state index in [2.05, 4.69) is 15.4 Å². The summed E-state index contributed by atoms with van der Waals surface area (Å²) in [5, 5.41) is 6.53. The van der Waals surface area contributed by atoms with Crippen LogP contribution in [0.5, 0.6) is 0 Å². The summed E-state index contributed by atoms with van der Waals surface area (Å²) in [4.78, 5) is 23.5. The maximum atomic E-state index is 12.0. The number of benzene rings is 2. The molecular formula is C17H16Cl2N2O3. The Morgan fingerprint density at radius 3 is 2.42 bits per heavy atom. The van der Waals surface area contributed by atoms with E-state index in [-0.39, 0.29) is 12.3 Å². The van der Waals surface area contributed by atoms with Crippen LogP contribution in [0.4, 0.5) is 11.4 Å². The lowest BCUT2D eigenvalue weighted by molar-refractivity contribution is -0.115. The van der Waals surface area contributed by atoms with Crippen molar-refractivity contribution in [1.82, 2.24) is 0 Å². The van der Waals surface area contributed by atoms with Crippen LogP contribution in [0.1, 0.15) is 16.8 Å². The summed E-state index contributed by atoms with van der Waals surface area (Å²) >= 11 is 12.0. The van der Waals surface area contributed by atoms with Gasteiger partial charge in [-0.1, -0.05) is 35.3 Å². The minimum atomic E-state index is -0.412. The fourth-order valence-corrected chi connectivity index (χ4v) is 2.51. The molecule has 0 aliphatic heterocycles. The van der Waals surface area contributed by atoms with Crippen LogP contribution in [0.3, 0.4) is 0 Å².